The quantitative estimate of drug-likeness (QED) is 0.927. The third-order valence-electron chi connectivity index (χ3n) is 3.16. The van der Waals surface area contributed by atoms with Crippen LogP contribution in [0, 0.1) is 0 Å². The number of carbonyl (C=O) groups excluding carboxylic acids is 1. The number of nitrogens with zero attached hydrogens (tertiary/aromatic N) is 1. The van der Waals surface area contributed by atoms with Gasteiger partial charge in [0.1, 0.15) is 0 Å². The van der Waals surface area contributed by atoms with Crippen LogP contribution in [0.4, 0.5) is 0 Å². The number of hydrogen-bond acceptors (Lipinski definition) is 2. The van der Waals surface area contributed by atoms with Crippen LogP contribution in [-0.4, -0.2) is 37.0 Å². The molecule has 0 radical (unpaired) electrons. The first-order chi connectivity index (χ1) is 8.58. The summed E-state index contributed by atoms with van der Waals surface area (Å²) in [6, 6.07) is 5.34. The molecule has 1 unspecified atom stereocenters. The first-order valence-electron chi connectivity index (χ1n) is 6.02. The molecule has 5 heteroatoms. The molecular formula is C13H16Cl2N2O. The highest BCUT2D eigenvalue weighted by Crippen LogP contribution is 2.22. The first kappa shape index (κ1) is 13.7. The van der Waals surface area contributed by atoms with E-state index in [0.717, 1.165) is 13.0 Å². The van der Waals surface area contributed by atoms with Gasteiger partial charge in [-0.3, -0.25) is 4.79 Å². The standard InChI is InChI=1S/C13H16Cl2N2O/c1-17(8-10-3-2-6-16-10)13(18)11-5-4-9(14)7-12(11)15/h4-5,7,10,16H,2-3,6,8H2,1H3. The predicted octanol–water partition coefficient (Wildman–Crippen LogP) is 2.82. The lowest BCUT2D eigenvalue weighted by atomic mass is 10.1. The number of halogens is 2. The van der Waals surface area contributed by atoms with E-state index < -0.39 is 0 Å². The molecule has 1 atom stereocenters. The summed E-state index contributed by atoms with van der Waals surface area (Å²) < 4.78 is 0. The van der Waals surface area contributed by atoms with Gasteiger partial charge in [0.25, 0.3) is 5.91 Å². The van der Waals surface area contributed by atoms with E-state index >= 15 is 0 Å². The summed E-state index contributed by atoms with van der Waals surface area (Å²) in [6.07, 6.45) is 2.29. The van der Waals surface area contributed by atoms with Gasteiger partial charge in [-0.25, -0.2) is 0 Å². The summed E-state index contributed by atoms with van der Waals surface area (Å²) in [5, 5.41) is 4.31. The van der Waals surface area contributed by atoms with E-state index in [1.54, 1.807) is 30.1 Å². The highest BCUT2D eigenvalue weighted by atomic mass is 35.5. The van der Waals surface area contributed by atoms with E-state index in [1.165, 1.54) is 6.42 Å². The van der Waals surface area contributed by atoms with Gasteiger partial charge in [0.05, 0.1) is 10.6 Å². The van der Waals surface area contributed by atoms with Crippen LogP contribution in [0.15, 0.2) is 18.2 Å². The minimum atomic E-state index is -0.0645. The number of carbonyl (C=O) groups is 1. The average Bonchev–Trinajstić information content (AvgIpc) is 2.81. The Morgan fingerprint density at radius 2 is 2.28 bits per heavy atom. The lowest BCUT2D eigenvalue weighted by Gasteiger charge is -2.21. The molecule has 0 saturated carbocycles. The molecule has 1 aliphatic heterocycles. The van der Waals surface area contributed by atoms with Gasteiger partial charge in [0.15, 0.2) is 0 Å². The van der Waals surface area contributed by atoms with Crippen LogP contribution in [0.2, 0.25) is 10.0 Å². The third kappa shape index (κ3) is 3.16. The average molecular weight is 287 g/mol. The Bertz CT molecular complexity index is 445. The highest BCUT2D eigenvalue weighted by Gasteiger charge is 2.21. The number of nitrogens with one attached hydrogen (secondary N) is 1. The van der Waals surface area contributed by atoms with Crippen molar-refractivity contribution >= 4 is 29.1 Å². The number of amides is 1. The van der Waals surface area contributed by atoms with E-state index in [0.29, 0.717) is 28.2 Å². The molecule has 1 aromatic carbocycles. The number of benzene rings is 1. The van der Waals surface area contributed by atoms with Crippen molar-refractivity contribution in [3.63, 3.8) is 0 Å². The molecule has 1 fully saturated rings. The maximum absolute atomic E-state index is 12.2. The van der Waals surface area contributed by atoms with Gasteiger partial charge in [0.2, 0.25) is 0 Å². The summed E-state index contributed by atoms with van der Waals surface area (Å²) in [5.41, 5.74) is 0.501. The fourth-order valence-corrected chi connectivity index (χ4v) is 2.68. The molecule has 18 heavy (non-hydrogen) atoms. The van der Waals surface area contributed by atoms with Gasteiger partial charge in [-0.1, -0.05) is 23.2 Å². The molecule has 3 nitrogen and oxygen atoms in total. The topological polar surface area (TPSA) is 32.3 Å². The van der Waals surface area contributed by atoms with Crippen molar-refractivity contribution in [1.82, 2.24) is 10.2 Å². The van der Waals surface area contributed by atoms with Crippen molar-refractivity contribution in [2.75, 3.05) is 20.1 Å². The van der Waals surface area contributed by atoms with Gasteiger partial charge in [-0.05, 0) is 37.6 Å². The maximum Gasteiger partial charge on any atom is 0.255 e. The Balaban J connectivity index is 2.05. The van der Waals surface area contributed by atoms with E-state index in [4.69, 9.17) is 23.2 Å². The molecule has 0 bridgehead atoms. The minimum absolute atomic E-state index is 0.0645. The summed E-state index contributed by atoms with van der Waals surface area (Å²) in [7, 11) is 1.80. The second-order valence-electron chi connectivity index (χ2n) is 4.60. The molecule has 0 aromatic heterocycles. The zero-order chi connectivity index (χ0) is 13.1. The number of rotatable bonds is 3. The van der Waals surface area contributed by atoms with Crippen LogP contribution < -0.4 is 5.32 Å². The summed E-state index contributed by atoms with van der Waals surface area (Å²) in [4.78, 5) is 13.9. The summed E-state index contributed by atoms with van der Waals surface area (Å²) >= 11 is 11.9. The number of likely N-dealkylation sites (N-methyl/N-ethyl adjacent to an activating group) is 1. The van der Waals surface area contributed by atoms with E-state index in [1.807, 2.05) is 0 Å². The molecule has 1 aliphatic rings. The van der Waals surface area contributed by atoms with Gasteiger partial charge in [-0.15, -0.1) is 0 Å². The SMILES string of the molecule is CN(CC1CCCN1)C(=O)c1ccc(Cl)cc1Cl. The fraction of sp³-hybridized carbons (Fsp3) is 0.462. The zero-order valence-corrected chi connectivity index (χ0v) is 11.8. The largest absolute Gasteiger partial charge is 0.340 e. The molecule has 1 saturated heterocycles. The Kier molecular flexibility index (Phi) is 4.49. The third-order valence-corrected chi connectivity index (χ3v) is 3.71. The fourth-order valence-electron chi connectivity index (χ4n) is 2.19. The summed E-state index contributed by atoms with van der Waals surface area (Å²) in [6.45, 7) is 1.74. The Morgan fingerprint density at radius 1 is 1.50 bits per heavy atom. The molecule has 1 amide bonds. The molecule has 1 N–H and O–H groups in total. The van der Waals surface area contributed by atoms with E-state index in [9.17, 15) is 4.79 Å². The second kappa shape index (κ2) is 5.91. The second-order valence-corrected chi connectivity index (χ2v) is 5.45. The predicted molar refractivity (Wildman–Crippen MR) is 74.4 cm³/mol. The molecule has 1 heterocycles. The minimum Gasteiger partial charge on any atom is -0.340 e. The molecular weight excluding hydrogens is 271 g/mol. The Morgan fingerprint density at radius 3 is 2.89 bits per heavy atom. The first-order valence-corrected chi connectivity index (χ1v) is 6.77. The van der Waals surface area contributed by atoms with Crippen molar-refractivity contribution in [3.05, 3.63) is 33.8 Å². The van der Waals surface area contributed by atoms with Crippen LogP contribution in [0.25, 0.3) is 0 Å². The highest BCUT2D eigenvalue weighted by molar-refractivity contribution is 6.36. The van der Waals surface area contributed by atoms with Crippen LogP contribution in [0.1, 0.15) is 23.2 Å². The molecule has 0 spiro atoms. The van der Waals surface area contributed by atoms with Gasteiger partial charge < -0.3 is 10.2 Å². The molecule has 2 rings (SSSR count). The van der Waals surface area contributed by atoms with Gasteiger partial charge in [0, 0.05) is 24.7 Å². The molecule has 1 aromatic rings. The monoisotopic (exact) mass is 286 g/mol. The van der Waals surface area contributed by atoms with Crippen LogP contribution in [0.3, 0.4) is 0 Å². The van der Waals surface area contributed by atoms with Crippen LogP contribution in [-0.2, 0) is 0 Å². The van der Waals surface area contributed by atoms with Crippen molar-refractivity contribution < 1.29 is 4.79 Å². The lowest BCUT2D eigenvalue weighted by molar-refractivity contribution is 0.0784. The van der Waals surface area contributed by atoms with E-state index in [2.05, 4.69) is 5.32 Å². The lowest BCUT2D eigenvalue weighted by Crippen LogP contribution is -2.38. The molecule has 98 valence electrons. The maximum atomic E-state index is 12.2. The van der Waals surface area contributed by atoms with Gasteiger partial charge >= 0.3 is 0 Å². The Labute approximate surface area is 117 Å². The molecule has 0 aliphatic carbocycles. The van der Waals surface area contributed by atoms with Crippen molar-refractivity contribution in [3.8, 4) is 0 Å². The van der Waals surface area contributed by atoms with Crippen molar-refractivity contribution in [2.24, 2.45) is 0 Å². The zero-order valence-electron chi connectivity index (χ0n) is 10.2. The van der Waals surface area contributed by atoms with Gasteiger partial charge in [-0.2, -0.15) is 0 Å². The van der Waals surface area contributed by atoms with Crippen molar-refractivity contribution in [2.45, 2.75) is 18.9 Å². The Hall–Kier alpha value is -0.770. The smallest absolute Gasteiger partial charge is 0.255 e. The van der Waals surface area contributed by atoms with Crippen LogP contribution >= 0.6 is 23.2 Å². The van der Waals surface area contributed by atoms with E-state index in [-0.39, 0.29) is 5.91 Å². The van der Waals surface area contributed by atoms with Crippen molar-refractivity contribution in [1.29, 1.82) is 0 Å². The number of hydrogen-bond donors (Lipinski definition) is 1. The normalized spacial score (nSPS) is 18.9. The summed E-state index contributed by atoms with van der Waals surface area (Å²) in [5.74, 6) is -0.0645. The van der Waals surface area contributed by atoms with Crippen LogP contribution in [0.5, 0.6) is 0 Å².